The molecule has 1 N–H and O–H groups in total. The lowest BCUT2D eigenvalue weighted by Gasteiger charge is -2.08. The van der Waals surface area contributed by atoms with Gasteiger partial charge in [0.1, 0.15) is 0 Å². The predicted octanol–water partition coefficient (Wildman–Crippen LogP) is 4.63. The molecule has 0 aliphatic heterocycles. The summed E-state index contributed by atoms with van der Waals surface area (Å²) in [5, 5.41) is 10.7. The smallest absolute Gasteiger partial charge is 0.310 e. The van der Waals surface area contributed by atoms with Crippen molar-refractivity contribution >= 4 is 34.4 Å². The molecule has 28 heavy (non-hydrogen) atoms. The number of carbonyl (C=O) groups excluding carboxylic acids is 2. The number of hydrogen-bond donors (Lipinski definition) is 1. The summed E-state index contributed by atoms with van der Waals surface area (Å²) < 4.78 is 20.5. The van der Waals surface area contributed by atoms with Crippen molar-refractivity contribution < 1.29 is 23.8 Å². The molecule has 0 atom stereocenters. The van der Waals surface area contributed by atoms with Gasteiger partial charge in [-0.1, -0.05) is 18.5 Å². The number of ether oxygens (including phenoxy) is 1. The molecule has 0 radical (unpaired) electrons. The van der Waals surface area contributed by atoms with Gasteiger partial charge in [0.25, 0.3) is 5.91 Å². The number of halogens is 2. The van der Waals surface area contributed by atoms with Crippen LogP contribution in [0.4, 0.5) is 4.39 Å². The number of hydrogen-bond acceptors (Lipinski definition) is 4. The average molecular weight is 404 g/mol. The molecule has 5 nitrogen and oxygen atoms in total. The van der Waals surface area contributed by atoms with Crippen LogP contribution in [-0.4, -0.2) is 28.2 Å². The molecule has 0 fully saturated rings. The summed E-state index contributed by atoms with van der Waals surface area (Å²) in [6.45, 7) is 3.85. The van der Waals surface area contributed by atoms with Crippen molar-refractivity contribution in [1.82, 2.24) is 4.57 Å². The van der Waals surface area contributed by atoms with Gasteiger partial charge >= 0.3 is 5.97 Å². The topological polar surface area (TPSA) is 68.5 Å². The number of nitrogens with zero attached hydrogens (tertiary/aromatic N) is 1. The van der Waals surface area contributed by atoms with E-state index in [1.54, 1.807) is 31.2 Å². The van der Waals surface area contributed by atoms with E-state index >= 15 is 0 Å². The first-order valence-corrected chi connectivity index (χ1v) is 9.19. The van der Waals surface area contributed by atoms with Crippen LogP contribution in [0.2, 0.25) is 5.02 Å². The summed E-state index contributed by atoms with van der Waals surface area (Å²) in [5.74, 6) is -2.24. The minimum atomic E-state index is -0.852. The highest BCUT2D eigenvalue weighted by Crippen LogP contribution is 2.32. The van der Waals surface area contributed by atoms with Crippen LogP contribution in [0, 0.1) is 12.7 Å². The van der Waals surface area contributed by atoms with Gasteiger partial charge in [-0.2, -0.15) is 0 Å². The van der Waals surface area contributed by atoms with E-state index in [9.17, 15) is 19.1 Å². The third-order valence-corrected chi connectivity index (χ3v) is 4.74. The number of carbonyl (C=O) groups is 2. The van der Waals surface area contributed by atoms with Gasteiger partial charge in [-0.3, -0.25) is 14.2 Å². The fourth-order valence-corrected chi connectivity index (χ4v) is 3.23. The number of rotatable bonds is 5. The fraction of sp³-hybridized carbons (Fsp3) is 0.238. The van der Waals surface area contributed by atoms with Crippen molar-refractivity contribution in [3.05, 3.63) is 64.1 Å². The Balaban J connectivity index is 2.15. The molecule has 1 heterocycles. The summed E-state index contributed by atoms with van der Waals surface area (Å²) in [7, 11) is 0. The molecule has 0 aliphatic carbocycles. The van der Waals surface area contributed by atoms with Crippen molar-refractivity contribution in [3.8, 4) is 5.75 Å². The highest BCUT2D eigenvalue weighted by Gasteiger charge is 2.23. The largest absolute Gasteiger partial charge is 0.505 e. The lowest BCUT2D eigenvalue weighted by molar-refractivity contribution is -0.142. The predicted molar refractivity (Wildman–Crippen MR) is 104 cm³/mol. The van der Waals surface area contributed by atoms with Crippen LogP contribution in [0.25, 0.3) is 10.9 Å². The minimum absolute atomic E-state index is 0.0890. The molecule has 3 aromatic rings. The normalized spacial score (nSPS) is 11.0. The molecule has 3 rings (SSSR count). The van der Waals surface area contributed by atoms with Crippen LogP contribution in [0.5, 0.6) is 5.75 Å². The number of aromatic nitrogens is 1. The van der Waals surface area contributed by atoms with Crippen molar-refractivity contribution in [1.29, 1.82) is 0 Å². The average Bonchev–Trinajstić information content (AvgIpc) is 2.91. The first kappa shape index (κ1) is 19.9. The SMILES string of the molecule is CCCOC(=O)Cc1c(C)n(C(=O)c2ccc(Cl)cc2)c2cc(F)c(O)cc12. The second-order valence-electron chi connectivity index (χ2n) is 6.43. The summed E-state index contributed by atoms with van der Waals surface area (Å²) in [6.07, 6.45) is 0.599. The molecular formula is C21H19ClFNO4. The first-order chi connectivity index (χ1) is 13.3. The summed E-state index contributed by atoms with van der Waals surface area (Å²) >= 11 is 5.88. The van der Waals surface area contributed by atoms with Crippen LogP contribution in [-0.2, 0) is 16.0 Å². The zero-order valence-corrected chi connectivity index (χ0v) is 16.2. The van der Waals surface area contributed by atoms with Crippen molar-refractivity contribution in [3.63, 3.8) is 0 Å². The first-order valence-electron chi connectivity index (χ1n) is 8.81. The van der Waals surface area contributed by atoms with E-state index in [-0.39, 0.29) is 11.9 Å². The van der Waals surface area contributed by atoms with E-state index in [0.29, 0.717) is 40.3 Å². The van der Waals surface area contributed by atoms with E-state index in [1.807, 2.05) is 6.92 Å². The zero-order chi connectivity index (χ0) is 20.4. The van der Waals surface area contributed by atoms with E-state index < -0.39 is 23.4 Å². The lowest BCUT2D eigenvalue weighted by Crippen LogP contribution is -2.14. The van der Waals surface area contributed by atoms with Crippen molar-refractivity contribution in [2.24, 2.45) is 0 Å². The molecule has 7 heteroatoms. The zero-order valence-electron chi connectivity index (χ0n) is 15.5. The molecule has 0 unspecified atom stereocenters. The Kier molecular flexibility index (Phi) is 5.70. The van der Waals surface area contributed by atoms with E-state index in [2.05, 4.69) is 0 Å². The highest BCUT2D eigenvalue weighted by molar-refractivity contribution is 6.30. The second kappa shape index (κ2) is 8.02. The van der Waals surface area contributed by atoms with Gasteiger partial charge in [-0.25, -0.2) is 4.39 Å². The maximum atomic E-state index is 14.0. The number of aromatic hydroxyl groups is 1. The molecule has 0 aliphatic rings. The fourth-order valence-electron chi connectivity index (χ4n) is 3.11. The van der Waals surface area contributed by atoms with Gasteiger partial charge < -0.3 is 9.84 Å². The molecule has 0 amide bonds. The van der Waals surface area contributed by atoms with E-state index in [1.165, 1.54) is 10.6 Å². The Morgan fingerprint density at radius 2 is 1.89 bits per heavy atom. The van der Waals surface area contributed by atoms with Crippen LogP contribution < -0.4 is 0 Å². The highest BCUT2D eigenvalue weighted by atomic mass is 35.5. The monoisotopic (exact) mass is 403 g/mol. The molecule has 2 aromatic carbocycles. The summed E-state index contributed by atoms with van der Waals surface area (Å²) in [6, 6.07) is 8.64. The van der Waals surface area contributed by atoms with Crippen LogP contribution in [0.15, 0.2) is 36.4 Å². The Bertz CT molecular complexity index is 1060. The van der Waals surface area contributed by atoms with Gasteiger partial charge in [0, 0.05) is 27.7 Å². The number of phenols is 1. The number of phenolic OH excluding ortho intramolecular Hbond substituents is 1. The molecule has 0 saturated heterocycles. The Labute approximate surface area is 166 Å². The summed E-state index contributed by atoms with van der Waals surface area (Å²) in [5.41, 5.74) is 1.62. The quantitative estimate of drug-likeness (QED) is 0.630. The summed E-state index contributed by atoms with van der Waals surface area (Å²) in [4.78, 5) is 25.2. The number of esters is 1. The Hall–Kier alpha value is -2.86. The Morgan fingerprint density at radius 3 is 2.54 bits per heavy atom. The van der Waals surface area contributed by atoms with Gasteiger partial charge in [-0.05, 0) is 49.2 Å². The van der Waals surface area contributed by atoms with Crippen molar-refractivity contribution in [2.45, 2.75) is 26.7 Å². The standard InChI is InChI=1S/C21H19ClFNO4/c1-3-8-28-20(26)10-15-12(2)24(18-11-17(23)19(25)9-16(15)18)21(27)13-4-6-14(22)7-5-13/h4-7,9,11,25H,3,8,10H2,1-2H3. The molecule has 1 aromatic heterocycles. The van der Waals surface area contributed by atoms with Crippen molar-refractivity contribution in [2.75, 3.05) is 6.61 Å². The lowest BCUT2D eigenvalue weighted by atomic mass is 10.1. The third kappa shape index (κ3) is 3.73. The van der Waals surface area contributed by atoms with E-state index in [4.69, 9.17) is 16.3 Å². The second-order valence-corrected chi connectivity index (χ2v) is 6.87. The maximum absolute atomic E-state index is 14.0. The van der Waals surface area contributed by atoms with Crippen LogP contribution >= 0.6 is 11.6 Å². The molecule has 146 valence electrons. The number of benzene rings is 2. The minimum Gasteiger partial charge on any atom is -0.505 e. The molecule has 0 saturated carbocycles. The Morgan fingerprint density at radius 1 is 1.21 bits per heavy atom. The molecular weight excluding hydrogens is 385 g/mol. The molecule has 0 spiro atoms. The van der Waals surface area contributed by atoms with E-state index in [0.717, 1.165) is 6.07 Å². The van der Waals surface area contributed by atoms with Crippen LogP contribution in [0.3, 0.4) is 0 Å². The van der Waals surface area contributed by atoms with Gasteiger partial charge in [-0.15, -0.1) is 0 Å². The molecule has 0 bridgehead atoms. The van der Waals surface area contributed by atoms with Gasteiger partial charge in [0.05, 0.1) is 18.5 Å². The van der Waals surface area contributed by atoms with Gasteiger partial charge in [0.15, 0.2) is 11.6 Å². The van der Waals surface area contributed by atoms with Crippen LogP contribution in [0.1, 0.15) is 35.0 Å². The maximum Gasteiger partial charge on any atom is 0.310 e. The number of fused-ring (bicyclic) bond motifs is 1. The third-order valence-electron chi connectivity index (χ3n) is 4.49. The van der Waals surface area contributed by atoms with Gasteiger partial charge in [0.2, 0.25) is 0 Å².